The van der Waals surface area contributed by atoms with Crippen LogP contribution in [0, 0.1) is 11.7 Å². The van der Waals surface area contributed by atoms with E-state index in [1.807, 2.05) is 30.1 Å². The summed E-state index contributed by atoms with van der Waals surface area (Å²) < 4.78 is 26.4. The van der Waals surface area contributed by atoms with Gasteiger partial charge in [-0.1, -0.05) is 6.07 Å². The van der Waals surface area contributed by atoms with Gasteiger partial charge in [0.1, 0.15) is 5.82 Å². The quantitative estimate of drug-likeness (QED) is 0.883. The number of aryl methyl sites for hydroxylation is 1. The van der Waals surface area contributed by atoms with Crippen LogP contribution < -0.4 is 10.1 Å². The molecule has 2 aromatic rings. The van der Waals surface area contributed by atoms with Gasteiger partial charge in [0.15, 0.2) is 11.6 Å². The second-order valence-corrected chi connectivity index (χ2v) is 6.17. The summed E-state index contributed by atoms with van der Waals surface area (Å²) in [4.78, 5) is 4.51. The monoisotopic (exact) mass is 333 g/mol. The van der Waals surface area contributed by atoms with Gasteiger partial charge in [-0.3, -0.25) is 0 Å². The van der Waals surface area contributed by atoms with Gasteiger partial charge in [-0.05, 0) is 36.5 Å². The smallest absolute Gasteiger partial charge is 0.165 e. The molecule has 1 saturated heterocycles. The number of nitrogens with one attached hydrogen (secondary N) is 1. The van der Waals surface area contributed by atoms with Crippen LogP contribution >= 0.6 is 0 Å². The Bertz CT molecular complexity index is 668. The van der Waals surface area contributed by atoms with Crippen LogP contribution in [-0.2, 0) is 18.3 Å². The van der Waals surface area contributed by atoms with E-state index < -0.39 is 0 Å². The molecule has 1 aliphatic heterocycles. The van der Waals surface area contributed by atoms with Gasteiger partial charge in [-0.15, -0.1) is 0 Å². The predicted octanol–water partition coefficient (Wildman–Crippen LogP) is 2.83. The molecule has 1 aromatic carbocycles. The van der Waals surface area contributed by atoms with Crippen molar-refractivity contribution < 1.29 is 13.9 Å². The predicted molar refractivity (Wildman–Crippen MR) is 89.3 cm³/mol. The first kappa shape index (κ1) is 16.9. The lowest BCUT2D eigenvalue weighted by molar-refractivity contribution is 0.0518. The van der Waals surface area contributed by atoms with E-state index >= 15 is 0 Å². The summed E-state index contributed by atoms with van der Waals surface area (Å²) in [6.45, 7) is 2.14. The lowest BCUT2D eigenvalue weighted by Crippen LogP contribution is -2.33. The Morgan fingerprint density at radius 2 is 2.21 bits per heavy atom. The molecule has 0 radical (unpaired) electrons. The molecule has 0 saturated carbocycles. The third kappa shape index (κ3) is 3.76. The molecule has 0 spiro atoms. The molecule has 130 valence electrons. The van der Waals surface area contributed by atoms with Crippen LogP contribution in [0.4, 0.5) is 4.39 Å². The molecule has 5 nitrogen and oxygen atoms in total. The number of halogens is 1. The standard InChI is InChI=1S/C18H24FN3O2/c1-22-8-7-20-18(22)17(14-5-9-24-10-6-14)21-12-13-3-4-16(23-2)15(19)11-13/h3-4,7-8,11,14,17,21H,5-6,9-10,12H2,1-2H3/t17-/m0/s1. The SMILES string of the molecule is COc1ccc(CN[C@H](c2nccn2C)C2CCOCC2)cc1F. The number of benzene rings is 1. The fourth-order valence-corrected chi connectivity index (χ4v) is 3.24. The van der Waals surface area contributed by atoms with E-state index in [-0.39, 0.29) is 17.6 Å². The molecule has 1 fully saturated rings. The van der Waals surface area contributed by atoms with Gasteiger partial charge in [0.2, 0.25) is 0 Å². The van der Waals surface area contributed by atoms with Gasteiger partial charge in [0, 0.05) is 39.2 Å². The number of ether oxygens (including phenoxy) is 2. The first-order valence-electron chi connectivity index (χ1n) is 8.30. The van der Waals surface area contributed by atoms with Gasteiger partial charge in [0.25, 0.3) is 0 Å². The summed E-state index contributed by atoms with van der Waals surface area (Å²) in [6.07, 6.45) is 5.77. The van der Waals surface area contributed by atoms with Crippen molar-refractivity contribution in [3.8, 4) is 5.75 Å². The topological polar surface area (TPSA) is 48.3 Å². The second-order valence-electron chi connectivity index (χ2n) is 6.17. The molecule has 1 N–H and O–H groups in total. The van der Waals surface area contributed by atoms with Crippen molar-refractivity contribution in [3.05, 3.63) is 47.8 Å². The van der Waals surface area contributed by atoms with E-state index in [0.717, 1.165) is 37.4 Å². The largest absolute Gasteiger partial charge is 0.494 e. The Labute approximate surface area is 141 Å². The Morgan fingerprint density at radius 1 is 1.42 bits per heavy atom. The number of nitrogens with zero attached hydrogens (tertiary/aromatic N) is 2. The third-order valence-corrected chi connectivity index (χ3v) is 4.62. The van der Waals surface area contributed by atoms with Crippen molar-refractivity contribution in [1.82, 2.24) is 14.9 Å². The van der Waals surface area contributed by atoms with Crippen LogP contribution in [0.1, 0.15) is 30.3 Å². The number of methoxy groups -OCH3 is 1. The van der Waals surface area contributed by atoms with Crippen LogP contribution in [0.15, 0.2) is 30.6 Å². The zero-order valence-corrected chi connectivity index (χ0v) is 14.2. The highest BCUT2D eigenvalue weighted by molar-refractivity contribution is 5.29. The van der Waals surface area contributed by atoms with E-state index in [0.29, 0.717) is 12.5 Å². The maximum Gasteiger partial charge on any atom is 0.165 e. The van der Waals surface area contributed by atoms with Crippen LogP contribution in [0.5, 0.6) is 5.75 Å². The highest BCUT2D eigenvalue weighted by Crippen LogP contribution is 2.29. The van der Waals surface area contributed by atoms with Gasteiger partial charge in [-0.25, -0.2) is 9.37 Å². The maximum absolute atomic E-state index is 13.9. The van der Waals surface area contributed by atoms with E-state index in [1.165, 1.54) is 13.2 Å². The number of hydrogen-bond acceptors (Lipinski definition) is 4. The van der Waals surface area contributed by atoms with Gasteiger partial charge >= 0.3 is 0 Å². The fourth-order valence-electron chi connectivity index (χ4n) is 3.24. The Morgan fingerprint density at radius 3 is 2.83 bits per heavy atom. The molecule has 1 aromatic heterocycles. The lowest BCUT2D eigenvalue weighted by atomic mass is 9.91. The summed E-state index contributed by atoms with van der Waals surface area (Å²) in [7, 11) is 3.47. The molecular weight excluding hydrogens is 309 g/mol. The molecule has 0 aliphatic carbocycles. The molecule has 24 heavy (non-hydrogen) atoms. The normalized spacial score (nSPS) is 17.0. The van der Waals surface area contributed by atoms with Crippen LogP contribution in [0.2, 0.25) is 0 Å². The minimum Gasteiger partial charge on any atom is -0.494 e. The molecule has 1 atom stereocenters. The average Bonchev–Trinajstić information content (AvgIpc) is 3.02. The molecular formula is C18H24FN3O2. The van der Waals surface area contributed by atoms with E-state index in [2.05, 4.69) is 10.3 Å². The minimum absolute atomic E-state index is 0.124. The second kappa shape index (κ2) is 7.77. The van der Waals surface area contributed by atoms with Crippen molar-refractivity contribution in [2.24, 2.45) is 13.0 Å². The Kier molecular flexibility index (Phi) is 5.48. The number of aromatic nitrogens is 2. The number of hydrogen-bond donors (Lipinski definition) is 1. The van der Waals surface area contributed by atoms with E-state index in [1.54, 1.807) is 6.07 Å². The maximum atomic E-state index is 13.9. The fraction of sp³-hybridized carbons (Fsp3) is 0.500. The molecule has 0 amide bonds. The summed E-state index contributed by atoms with van der Waals surface area (Å²) in [5.41, 5.74) is 0.888. The molecule has 0 unspecified atom stereocenters. The molecule has 1 aliphatic rings. The Hall–Kier alpha value is -1.92. The van der Waals surface area contributed by atoms with Crippen LogP contribution in [0.25, 0.3) is 0 Å². The number of imidazole rings is 1. The van der Waals surface area contributed by atoms with Gasteiger partial charge < -0.3 is 19.4 Å². The Balaban J connectivity index is 1.74. The zero-order valence-electron chi connectivity index (χ0n) is 14.2. The first-order chi connectivity index (χ1) is 11.7. The molecule has 0 bridgehead atoms. The molecule has 3 rings (SSSR count). The average molecular weight is 333 g/mol. The molecule has 2 heterocycles. The van der Waals surface area contributed by atoms with Crippen molar-refractivity contribution in [2.75, 3.05) is 20.3 Å². The van der Waals surface area contributed by atoms with Crippen LogP contribution in [0.3, 0.4) is 0 Å². The van der Waals surface area contributed by atoms with Gasteiger partial charge in [-0.2, -0.15) is 0 Å². The summed E-state index contributed by atoms with van der Waals surface area (Å²) in [5, 5.41) is 3.57. The van der Waals surface area contributed by atoms with Gasteiger partial charge in [0.05, 0.1) is 13.2 Å². The van der Waals surface area contributed by atoms with Crippen molar-refractivity contribution >= 4 is 0 Å². The number of rotatable bonds is 6. The highest BCUT2D eigenvalue weighted by atomic mass is 19.1. The first-order valence-corrected chi connectivity index (χ1v) is 8.30. The molecule has 6 heteroatoms. The van der Waals surface area contributed by atoms with E-state index in [9.17, 15) is 4.39 Å². The van der Waals surface area contributed by atoms with Crippen molar-refractivity contribution in [3.63, 3.8) is 0 Å². The minimum atomic E-state index is -0.337. The van der Waals surface area contributed by atoms with Crippen LogP contribution in [-0.4, -0.2) is 29.9 Å². The third-order valence-electron chi connectivity index (χ3n) is 4.62. The summed E-state index contributed by atoms with van der Waals surface area (Å²) >= 11 is 0. The zero-order chi connectivity index (χ0) is 16.9. The van der Waals surface area contributed by atoms with E-state index in [4.69, 9.17) is 9.47 Å². The van der Waals surface area contributed by atoms with Crippen molar-refractivity contribution in [1.29, 1.82) is 0 Å². The lowest BCUT2D eigenvalue weighted by Gasteiger charge is -2.30. The highest BCUT2D eigenvalue weighted by Gasteiger charge is 2.27. The summed E-state index contributed by atoms with van der Waals surface area (Å²) in [6, 6.07) is 5.19. The summed E-state index contributed by atoms with van der Waals surface area (Å²) in [5.74, 6) is 1.40. The van der Waals surface area contributed by atoms with Crippen molar-refractivity contribution in [2.45, 2.75) is 25.4 Å².